The summed E-state index contributed by atoms with van der Waals surface area (Å²) < 4.78 is 5.90. The van der Waals surface area contributed by atoms with Crippen molar-refractivity contribution in [2.45, 2.75) is 13.8 Å². The van der Waals surface area contributed by atoms with E-state index in [9.17, 15) is 0 Å². The highest BCUT2D eigenvalue weighted by Crippen LogP contribution is 2.33. The average molecular weight is 272 g/mol. The van der Waals surface area contributed by atoms with Crippen LogP contribution in [0, 0.1) is 13.8 Å². The van der Waals surface area contributed by atoms with Crippen LogP contribution in [0.15, 0.2) is 65.1 Å². The molecule has 1 aromatic heterocycles. The maximum absolute atomic E-state index is 5.90. The van der Waals surface area contributed by atoms with Crippen molar-refractivity contribution in [1.82, 2.24) is 0 Å². The number of hydrogen-bond acceptors (Lipinski definition) is 1. The van der Waals surface area contributed by atoms with E-state index in [4.69, 9.17) is 4.42 Å². The van der Waals surface area contributed by atoms with Gasteiger partial charge in [-0.2, -0.15) is 0 Å². The molecule has 102 valence electrons. The van der Waals surface area contributed by atoms with Gasteiger partial charge in [-0.25, -0.2) is 0 Å². The molecule has 0 N–H and O–H groups in total. The highest BCUT2D eigenvalue weighted by molar-refractivity contribution is 6.06. The Morgan fingerprint density at radius 1 is 0.714 bits per heavy atom. The minimum absolute atomic E-state index is 0.949. The van der Waals surface area contributed by atoms with Gasteiger partial charge >= 0.3 is 0 Å². The molecule has 0 aliphatic heterocycles. The fourth-order valence-corrected chi connectivity index (χ4v) is 2.94. The molecule has 21 heavy (non-hydrogen) atoms. The van der Waals surface area contributed by atoms with Crippen molar-refractivity contribution in [2.24, 2.45) is 0 Å². The molecule has 0 amide bonds. The van der Waals surface area contributed by atoms with Crippen LogP contribution < -0.4 is 0 Å². The summed E-state index contributed by atoms with van der Waals surface area (Å²) >= 11 is 0. The summed E-state index contributed by atoms with van der Waals surface area (Å²) in [7, 11) is 0. The molecule has 0 aliphatic rings. The van der Waals surface area contributed by atoms with Crippen LogP contribution in [-0.2, 0) is 0 Å². The van der Waals surface area contributed by atoms with Crippen molar-refractivity contribution in [1.29, 1.82) is 0 Å². The van der Waals surface area contributed by atoms with Crippen LogP contribution in [0.5, 0.6) is 0 Å². The van der Waals surface area contributed by atoms with Crippen LogP contribution in [0.25, 0.3) is 33.1 Å². The smallest absolute Gasteiger partial charge is 0.135 e. The van der Waals surface area contributed by atoms with Gasteiger partial charge in [0.15, 0.2) is 0 Å². The molecule has 0 atom stereocenters. The second-order valence-corrected chi connectivity index (χ2v) is 5.63. The lowest BCUT2D eigenvalue weighted by Gasteiger charge is -2.07. The van der Waals surface area contributed by atoms with Gasteiger partial charge in [0, 0.05) is 10.8 Å². The zero-order valence-corrected chi connectivity index (χ0v) is 12.2. The molecule has 0 saturated carbocycles. The number of furan rings is 1. The molecule has 0 unspecified atom stereocenters. The lowest BCUT2D eigenvalue weighted by atomic mass is 9.97. The summed E-state index contributed by atoms with van der Waals surface area (Å²) in [5.74, 6) is 0. The van der Waals surface area contributed by atoms with Crippen molar-refractivity contribution < 1.29 is 4.42 Å². The van der Waals surface area contributed by atoms with Crippen LogP contribution in [0.3, 0.4) is 0 Å². The summed E-state index contributed by atoms with van der Waals surface area (Å²) in [6.45, 7) is 4.29. The van der Waals surface area contributed by atoms with Gasteiger partial charge in [-0.05, 0) is 48.7 Å². The quantitative estimate of drug-likeness (QED) is 0.422. The zero-order valence-electron chi connectivity index (χ0n) is 12.2. The van der Waals surface area contributed by atoms with Gasteiger partial charge < -0.3 is 4.42 Å². The molecule has 0 radical (unpaired) electrons. The lowest BCUT2D eigenvalue weighted by Crippen LogP contribution is -1.84. The first kappa shape index (κ1) is 12.2. The van der Waals surface area contributed by atoms with Crippen LogP contribution in [0.4, 0.5) is 0 Å². The number of fused-ring (bicyclic) bond motifs is 3. The Balaban J connectivity index is 2.02. The molecule has 1 heteroatoms. The van der Waals surface area contributed by atoms with Gasteiger partial charge in [-0.15, -0.1) is 0 Å². The minimum atomic E-state index is 0.949. The van der Waals surface area contributed by atoms with E-state index in [1.165, 1.54) is 33.0 Å². The molecule has 1 heterocycles. The first-order valence-corrected chi connectivity index (χ1v) is 7.21. The summed E-state index contributed by atoms with van der Waals surface area (Å²) in [4.78, 5) is 0. The Hall–Kier alpha value is -2.54. The number of benzene rings is 3. The third kappa shape index (κ3) is 1.93. The highest BCUT2D eigenvalue weighted by atomic mass is 16.3. The predicted octanol–water partition coefficient (Wildman–Crippen LogP) is 5.87. The van der Waals surface area contributed by atoms with Crippen molar-refractivity contribution in [2.75, 3.05) is 0 Å². The molecular formula is C20H16O. The van der Waals surface area contributed by atoms with Gasteiger partial charge in [-0.1, -0.05) is 48.0 Å². The van der Waals surface area contributed by atoms with E-state index in [0.29, 0.717) is 0 Å². The van der Waals surface area contributed by atoms with Gasteiger partial charge in [0.2, 0.25) is 0 Å². The van der Waals surface area contributed by atoms with E-state index in [0.717, 1.165) is 11.2 Å². The topological polar surface area (TPSA) is 13.1 Å². The summed E-state index contributed by atoms with van der Waals surface area (Å²) in [5.41, 5.74) is 7.02. The van der Waals surface area contributed by atoms with Crippen LogP contribution >= 0.6 is 0 Å². The van der Waals surface area contributed by atoms with Crippen molar-refractivity contribution >= 4 is 21.9 Å². The van der Waals surface area contributed by atoms with E-state index < -0.39 is 0 Å². The first-order valence-electron chi connectivity index (χ1n) is 7.21. The number of aryl methyl sites for hydroxylation is 2. The number of rotatable bonds is 1. The Labute approximate surface area is 123 Å². The standard InChI is InChI=1S/C20H16O/c1-13-7-8-14(2)17(11-13)15-9-10-20-18(12-15)16-5-3-4-6-19(16)21-20/h3-12H,1-2H3. The third-order valence-electron chi connectivity index (χ3n) is 4.08. The van der Waals surface area contributed by atoms with Crippen LogP contribution in [0.2, 0.25) is 0 Å². The fourth-order valence-electron chi connectivity index (χ4n) is 2.94. The average Bonchev–Trinajstić information content (AvgIpc) is 2.87. The van der Waals surface area contributed by atoms with Crippen molar-refractivity contribution in [3.8, 4) is 11.1 Å². The van der Waals surface area contributed by atoms with E-state index in [-0.39, 0.29) is 0 Å². The Kier molecular flexibility index (Phi) is 2.61. The van der Waals surface area contributed by atoms with Crippen molar-refractivity contribution in [3.05, 3.63) is 71.8 Å². The molecular weight excluding hydrogens is 256 g/mol. The van der Waals surface area contributed by atoms with E-state index >= 15 is 0 Å². The van der Waals surface area contributed by atoms with Gasteiger partial charge in [0.1, 0.15) is 11.2 Å². The number of hydrogen-bond donors (Lipinski definition) is 0. The maximum atomic E-state index is 5.90. The van der Waals surface area contributed by atoms with E-state index in [1.807, 2.05) is 12.1 Å². The number of para-hydroxylation sites is 1. The fraction of sp³-hybridized carbons (Fsp3) is 0.100. The van der Waals surface area contributed by atoms with Gasteiger partial charge in [-0.3, -0.25) is 0 Å². The maximum Gasteiger partial charge on any atom is 0.135 e. The molecule has 0 spiro atoms. The van der Waals surface area contributed by atoms with Crippen molar-refractivity contribution in [3.63, 3.8) is 0 Å². The second-order valence-electron chi connectivity index (χ2n) is 5.63. The van der Waals surface area contributed by atoms with Gasteiger partial charge in [0.05, 0.1) is 0 Å². The molecule has 4 rings (SSSR count). The van der Waals surface area contributed by atoms with Gasteiger partial charge in [0.25, 0.3) is 0 Å². The Bertz CT molecular complexity index is 960. The summed E-state index contributed by atoms with van der Waals surface area (Å²) in [6.07, 6.45) is 0. The highest BCUT2D eigenvalue weighted by Gasteiger charge is 2.09. The largest absolute Gasteiger partial charge is 0.456 e. The van der Waals surface area contributed by atoms with E-state index in [1.54, 1.807) is 0 Å². The van der Waals surface area contributed by atoms with E-state index in [2.05, 4.69) is 62.4 Å². The lowest BCUT2D eigenvalue weighted by molar-refractivity contribution is 0.669. The second kappa shape index (κ2) is 4.49. The molecule has 0 bridgehead atoms. The third-order valence-corrected chi connectivity index (χ3v) is 4.08. The predicted molar refractivity (Wildman–Crippen MR) is 88.6 cm³/mol. The van der Waals surface area contributed by atoms with Crippen LogP contribution in [-0.4, -0.2) is 0 Å². The molecule has 0 saturated heterocycles. The normalized spacial score (nSPS) is 11.3. The molecule has 4 aromatic rings. The SMILES string of the molecule is Cc1ccc(C)c(-c2ccc3oc4ccccc4c3c2)c1. The summed E-state index contributed by atoms with van der Waals surface area (Å²) in [5, 5.41) is 2.36. The van der Waals surface area contributed by atoms with Crippen LogP contribution in [0.1, 0.15) is 11.1 Å². The molecule has 3 aromatic carbocycles. The first-order chi connectivity index (χ1) is 10.2. The molecule has 0 fully saturated rings. The Morgan fingerprint density at radius 2 is 1.52 bits per heavy atom. The minimum Gasteiger partial charge on any atom is -0.456 e. The summed E-state index contributed by atoms with van der Waals surface area (Å²) in [6, 6.07) is 21.3. The molecule has 0 aliphatic carbocycles. The zero-order chi connectivity index (χ0) is 14.4. The Morgan fingerprint density at radius 3 is 2.43 bits per heavy atom. The monoisotopic (exact) mass is 272 g/mol. The molecule has 1 nitrogen and oxygen atoms in total.